The van der Waals surface area contributed by atoms with Crippen molar-refractivity contribution in [2.24, 2.45) is 0 Å². The predicted octanol–water partition coefficient (Wildman–Crippen LogP) is 5.87. The monoisotopic (exact) mass is 561 g/mol. The molecule has 0 spiro atoms. The second-order valence-electron chi connectivity index (χ2n) is 9.22. The highest BCUT2D eigenvalue weighted by Gasteiger charge is 2.27. The number of nitrogens with zero attached hydrogens (tertiary/aromatic N) is 4. The first-order chi connectivity index (χ1) is 17.8. The van der Waals surface area contributed by atoms with Gasteiger partial charge in [-0.2, -0.15) is 0 Å². The zero-order valence-electron chi connectivity index (χ0n) is 21.6. The highest BCUT2D eigenvalue weighted by molar-refractivity contribution is 9.10. The molecule has 1 heterocycles. The molecule has 0 saturated carbocycles. The van der Waals surface area contributed by atoms with Crippen LogP contribution in [0.3, 0.4) is 0 Å². The van der Waals surface area contributed by atoms with Crippen LogP contribution in [0.4, 0.5) is 10.5 Å². The number of halogens is 1. The highest BCUT2D eigenvalue weighted by atomic mass is 79.9. The first-order valence-corrected chi connectivity index (χ1v) is 13.2. The van der Waals surface area contributed by atoms with Gasteiger partial charge < -0.3 is 15.1 Å². The third-order valence-corrected chi connectivity index (χ3v) is 6.93. The minimum Gasteiger partial charge on any atom is -0.313 e. The number of aromatic nitrogens is 2. The number of para-hydroxylation sites is 2. The van der Waals surface area contributed by atoms with Crippen molar-refractivity contribution >= 4 is 38.6 Å². The standard InChI is InChI=1S/C29H32BrN5O2/c1-5-21-10-6-9-13-26(21)35-27(32-25-12-8-7-11-24(25)28(35)36)20(2)34(19-18-33(3)4)29(37)31-23-16-14-22(30)15-17-23/h6-17,20H,5,18-19H2,1-4H3,(H,31,37). The van der Waals surface area contributed by atoms with Crippen molar-refractivity contribution in [3.63, 3.8) is 0 Å². The fraction of sp³-hybridized carbons (Fsp3) is 0.276. The Labute approximate surface area is 225 Å². The van der Waals surface area contributed by atoms with Gasteiger partial charge in [0.05, 0.1) is 22.6 Å². The molecule has 1 aromatic heterocycles. The summed E-state index contributed by atoms with van der Waals surface area (Å²) in [5.74, 6) is 0.523. The third-order valence-electron chi connectivity index (χ3n) is 6.40. The number of carbonyl (C=O) groups excluding carboxylic acids is 1. The second kappa shape index (κ2) is 11.7. The van der Waals surface area contributed by atoms with Crippen LogP contribution < -0.4 is 10.9 Å². The Kier molecular flexibility index (Phi) is 8.41. The number of hydrogen-bond acceptors (Lipinski definition) is 4. The molecule has 192 valence electrons. The van der Waals surface area contributed by atoms with Crippen molar-refractivity contribution in [1.82, 2.24) is 19.4 Å². The second-order valence-corrected chi connectivity index (χ2v) is 10.1. The molecular weight excluding hydrogens is 530 g/mol. The van der Waals surface area contributed by atoms with Crippen molar-refractivity contribution in [3.8, 4) is 5.69 Å². The molecule has 3 aromatic carbocycles. The van der Waals surface area contributed by atoms with E-state index in [1.807, 2.05) is 92.6 Å². The number of fused-ring (bicyclic) bond motifs is 1. The average molecular weight is 563 g/mol. The van der Waals surface area contributed by atoms with Gasteiger partial charge in [0.15, 0.2) is 0 Å². The van der Waals surface area contributed by atoms with E-state index < -0.39 is 6.04 Å². The van der Waals surface area contributed by atoms with Crippen molar-refractivity contribution in [3.05, 3.63) is 99.0 Å². The summed E-state index contributed by atoms with van der Waals surface area (Å²) in [7, 11) is 3.94. The Morgan fingerprint density at radius 2 is 1.68 bits per heavy atom. The summed E-state index contributed by atoms with van der Waals surface area (Å²) in [5, 5.41) is 3.55. The van der Waals surface area contributed by atoms with Crippen LogP contribution in [0.2, 0.25) is 0 Å². The van der Waals surface area contributed by atoms with E-state index in [1.54, 1.807) is 15.5 Å². The molecule has 2 amide bonds. The number of likely N-dealkylation sites (N-methyl/N-ethyl adjacent to an activating group) is 1. The maximum Gasteiger partial charge on any atom is 0.322 e. The molecule has 7 nitrogen and oxygen atoms in total. The molecule has 0 radical (unpaired) electrons. The fourth-order valence-corrected chi connectivity index (χ4v) is 4.60. The molecule has 0 aliphatic carbocycles. The molecule has 8 heteroatoms. The van der Waals surface area contributed by atoms with E-state index in [9.17, 15) is 9.59 Å². The van der Waals surface area contributed by atoms with E-state index in [0.29, 0.717) is 35.5 Å². The lowest BCUT2D eigenvalue weighted by Crippen LogP contribution is -2.43. The fourth-order valence-electron chi connectivity index (χ4n) is 4.34. The van der Waals surface area contributed by atoms with Gasteiger partial charge in [0.25, 0.3) is 5.56 Å². The van der Waals surface area contributed by atoms with Crippen LogP contribution in [0.5, 0.6) is 0 Å². The Hall–Kier alpha value is -3.49. The summed E-state index contributed by atoms with van der Waals surface area (Å²) in [6.45, 7) is 5.10. The summed E-state index contributed by atoms with van der Waals surface area (Å²) in [6, 6.07) is 21.9. The quantitative estimate of drug-likeness (QED) is 0.292. The summed E-state index contributed by atoms with van der Waals surface area (Å²) >= 11 is 3.43. The Bertz CT molecular complexity index is 1450. The molecule has 1 atom stereocenters. The van der Waals surface area contributed by atoms with Gasteiger partial charge in [-0.05, 0) is 75.5 Å². The van der Waals surface area contributed by atoms with Gasteiger partial charge in [-0.1, -0.05) is 53.2 Å². The number of urea groups is 1. The van der Waals surface area contributed by atoms with Gasteiger partial charge >= 0.3 is 6.03 Å². The lowest BCUT2D eigenvalue weighted by atomic mass is 10.1. The maximum atomic E-state index is 13.9. The third kappa shape index (κ3) is 5.92. The van der Waals surface area contributed by atoms with Crippen molar-refractivity contribution in [2.75, 3.05) is 32.5 Å². The number of nitrogens with one attached hydrogen (secondary N) is 1. The Morgan fingerprint density at radius 3 is 2.38 bits per heavy atom. The molecule has 0 fully saturated rings. The summed E-state index contributed by atoms with van der Waals surface area (Å²) < 4.78 is 2.61. The average Bonchev–Trinajstić information content (AvgIpc) is 2.89. The highest BCUT2D eigenvalue weighted by Crippen LogP contribution is 2.25. The van der Waals surface area contributed by atoms with Crippen molar-refractivity contribution < 1.29 is 4.79 Å². The number of anilines is 1. The van der Waals surface area contributed by atoms with Crippen molar-refractivity contribution in [2.45, 2.75) is 26.3 Å². The van der Waals surface area contributed by atoms with Crippen LogP contribution in [-0.4, -0.2) is 52.6 Å². The van der Waals surface area contributed by atoms with Crippen LogP contribution in [0.1, 0.15) is 31.3 Å². The van der Waals surface area contributed by atoms with Gasteiger partial charge in [-0.15, -0.1) is 0 Å². The zero-order valence-corrected chi connectivity index (χ0v) is 23.2. The smallest absolute Gasteiger partial charge is 0.313 e. The van der Waals surface area contributed by atoms with Gasteiger partial charge in [-0.3, -0.25) is 9.36 Å². The molecule has 0 bridgehead atoms. The van der Waals surface area contributed by atoms with Crippen molar-refractivity contribution in [1.29, 1.82) is 0 Å². The molecule has 37 heavy (non-hydrogen) atoms. The van der Waals surface area contributed by atoms with E-state index in [-0.39, 0.29) is 11.6 Å². The van der Waals surface area contributed by atoms with Gasteiger partial charge in [-0.25, -0.2) is 9.78 Å². The van der Waals surface area contributed by atoms with Gasteiger partial charge in [0, 0.05) is 23.2 Å². The van der Waals surface area contributed by atoms with E-state index in [4.69, 9.17) is 4.98 Å². The van der Waals surface area contributed by atoms with Crippen LogP contribution >= 0.6 is 15.9 Å². The van der Waals surface area contributed by atoms with E-state index in [1.165, 1.54) is 0 Å². The van der Waals surface area contributed by atoms with Crippen LogP contribution in [0.15, 0.2) is 82.1 Å². The van der Waals surface area contributed by atoms with E-state index in [2.05, 4.69) is 28.2 Å². The lowest BCUT2D eigenvalue weighted by molar-refractivity contribution is 0.181. The van der Waals surface area contributed by atoms with Gasteiger partial charge in [0.1, 0.15) is 5.82 Å². The SMILES string of the molecule is CCc1ccccc1-n1c(C(C)N(CCN(C)C)C(=O)Nc2ccc(Br)cc2)nc2ccccc2c1=O. The number of amides is 2. The van der Waals surface area contributed by atoms with Crippen LogP contribution in [0, 0.1) is 0 Å². The number of benzene rings is 3. The molecular formula is C29H32BrN5O2. The normalized spacial score (nSPS) is 12.1. The first kappa shape index (κ1) is 26.6. The largest absolute Gasteiger partial charge is 0.322 e. The van der Waals surface area contributed by atoms with Crippen LogP contribution in [0.25, 0.3) is 16.6 Å². The lowest BCUT2D eigenvalue weighted by Gasteiger charge is -2.31. The molecule has 0 saturated heterocycles. The van der Waals surface area contributed by atoms with Gasteiger partial charge in [0.2, 0.25) is 0 Å². The number of rotatable bonds is 8. The zero-order chi connectivity index (χ0) is 26.5. The Balaban J connectivity index is 1.85. The molecule has 1 unspecified atom stereocenters. The summed E-state index contributed by atoms with van der Waals surface area (Å²) in [6.07, 6.45) is 0.762. The minimum atomic E-state index is -0.488. The molecule has 4 aromatic rings. The molecule has 1 N–H and O–H groups in total. The Morgan fingerprint density at radius 1 is 1.00 bits per heavy atom. The topological polar surface area (TPSA) is 70.5 Å². The van der Waals surface area contributed by atoms with E-state index >= 15 is 0 Å². The minimum absolute atomic E-state index is 0.144. The number of hydrogen-bond donors (Lipinski definition) is 1. The predicted molar refractivity (Wildman–Crippen MR) is 154 cm³/mol. The first-order valence-electron chi connectivity index (χ1n) is 12.4. The summed E-state index contributed by atoms with van der Waals surface area (Å²) in [5.41, 5.74) is 2.98. The maximum absolute atomic E-state index is 13.9. The van der Waals surface area contributed by atoms with Crippen LogP contribution in [-0.2, 0) is 6.42 Å². The summed E-state index contributed by atoms with van der Waals surface area (Å²) in [4.78, 5) is 36.2. The molecule has 4 rings (SSSR count). The molecule has 0 aliphatic heterocycles. The number of aryl methyl sites for hydroxylation is 1. The number of carbonyl (C=O) groups is 1. The molecule has 0 aliphatic rings. The van der Waals surface area contributed by atoms with E-state index in [0.717, 1.165) is 22.1 Å².